The summed E-state index contributed by atoms with van der Waals surface area (Å²) < 4.78 is 0. The van der Waals surface area contributed by atoms with Gasteiger partial charge in [0.2, 0.25) is 0 Å². The van der Waals surface area contributed by atoms with E-state index in [4.69, 9.17) is 15.6 Å². The third kappa shape index (κ3) is 8.95. The van der Waals surface area contributed by atoms with E-state index in [9.17, 15) is 4.79 Å². The van der Waals surface area contributed by atoms with Crippen LogP contribution in [-0.4, -0.2) is 17.6 Å². The van der Waals surface area contributed by atoms with Gasteiger partial charge in [-0.3, -0.25) is 4.79 Å². The highest BCUT2D eigenvalue weighted by Crippen LogP contribution is 2.24. The highest BCUT2D eigenvalue weighted by atomic mass is 16.4. The summed E-state index contributed by atoms with van der Waals surface area (Å²) in [6.07, 6.45) is 3.48. The van der Waals surface area contributed by atoms with E-state index in [2.05, 4.69) is 62.1 Å². The molecule has 35 heavy (non-hydrogen) atoms. The normalized spacial score (nSPS) is 11.2. The van der Waals surface area contributed by atoms with E-state index < -0.39 is 11.4 Å². The number of carboxylic acid groups (broad SMARTS) is 1. The minimum atomic E-state index is -0.722. The first-order valence-corrected chi connectivity index (χ1v) is 12.2. The van der Waals surface area contributed by atoms with Crippen molar-refractivity contribution in [1.82, 2.24) is 0 Å². The van der Waals surface area contributed by atoms with Crippen molar-refractivity contribution in [1.29, 1.82) is 10.5 Å². The SMILES string of the molecule is CCC(C)(C)C(=O)O.CCC(C)c1ccc(CN(CC)c2ccc(C=C(C#N)C#N)c(C)c2)cc1. The van der Waals surface area contributed by atoms with Crippen LogP contribution in [0.25, 0.3) is 6.08 Å². The number of aryl methyl sites for hydroxylation is 1. The largest absolute Gasteiger partial charge is 0.481 e. The summed E-state index contributed by atoms with van der Waals surface area (Å²) in [6, 6.07) is 18.9. The molecule has 0 aromatic heterocycles. The van der Waals surface area contributed by atoms with Gasteiger partial charge in [0.25, 0.3) is 0 Å². The van der Waals surface area contributed by atoms with Crippen LogP contribution in [0.4, 0.5) is 5.69 Å². The predicted molar refractivity (Wildman–Crippen MR) is 144 cm³/mol. The molecule has 2 aromatic rings. The maximum absolute atomic E-state index is 10.3. The fraction of sp³-hybridized carbons (Fsp3) is 0.433. The molecule has 0 bridgehead atoms. The highest BCUT2D eigenvalue weighted by molar-refractivity contribution is 5.73. The predicted octanol–water partition coefficient (Wildman–Crippen LogP) is 7.47. The lowest BCUT2D eigenvalue weighted by Gasteiger charge is -2.24. The van der Waals surface area contributed by atoms with Gasteiger partial charge in [0, 0.05) is 18.8 Å². The zero-order valence-electron chi connectivity index (χ0n) is 22.2. The second-order valence-electron chi connectivity index (χ2n) is 9.43. The molecule has 0 spiro atoms. The molecule has 186 valence electrons. The van der Waals surface area contributed by atoms with Crippen LogP contribution in [0, 0.1) is 35.0 Å². The van der Waals surface area contributed by atoms with Crippen LogP contribution >= 0.6 is 0 Å². The van der Waals surface area contributed by atoms with Gasteiger partial charge in [-0.25, -0.2) is 0 Å². The van der Waals surface area contributed by atoms with Gasteiger partial charge >= 0.3 is 5.97 Å². The average molecular weight is 474 g/mol. The van der Waals surface area contributed by atoms with E-state index in [1.54, 1.807) is 19.9 Å². The zero-order valence-corrected chi connectivity index (χ0v) is 22.2. The first kappa shape index (κ1) is 29.5. The van der Waals surface area contributed by atoms with Crippen molar-refractivity contribution in [2.45, 2.75) is 73.8 Å². The Labute approximate surface area is 211 Å². The standard InChI is InChI=1S/C24H27N3.C6H12O2/c1-5-18(3)22-9-7-20(8-10-22)17-27(6-2)24-12-11-23(19(4)13-24)14-21(15-25)16-26;1-4-6(2,3)5(7)8/h7-14,18H,5-6,17H2,1-4H3;4H2,1-3H3,(H,7,8). The first-order chi connectivity index (χ1) is 16.5. The van der Waals surface area contributed by atoms with E-state index >= 15 is 0 Å². The molecule has 5 heteroatoms. The Bertz CT molecular complexity index is 1070. The van der Waals surface area contributed by atoms with Crippen LogP contribution in [0.2, 0.25) is 0 Å². The Hall–Kier alpha value is -3.57. The Balaban J connectivity index is 0.000000658. The molecule has 2 aromatic carbocycles. The third-order valence-electron chi connectivity index (χ3n) is 6.54. The van der Waals surface area contributed by atoms with Crippen LogP contribution in [-0.2, 0) is 11.3 Å². The summed E-state index contributed by atoms with van der Waals surface area (Å²) in [5.41, 5.74) is 5.38. The van der Waals surface area contributed by atoms with Gasteiger partial charge in [0.05, 0.1) is 5.41 Å². The van der Waals surface area contributed by atoms with E-state index in [0.717, 1.165) is 36.3 Å². The van der Waals surface area contributed by atoms with Crippen LogP contribution in [0.1, 0.15) is 82.6 Å². The van der Waals surface area contributed by atoms with Crippen molar-refractivity contribution in [3.05, 3.63) is 70.3 Å². The maximum Gasteiger partial charge on any atom is 0.309 e. The molecule has 1 atom stereocenters. The number of aliphatic carboxylic acids is 1. The summed E-state index contributed by atoms with van der Waals surface area (Å²) in [5.74, 6) is -0.128. The molecule has 0 saturated heterocycles. The number of nitrogens with zero attached hydrogens (tertiary/aromatic N) is 3. The lowest BCUT2D eigenvalue weighted by molar-refractivity contribution is -0.147. The Kier molecular flexibility index (Phi) is 11.8. The molecule has 1 unspecified atom stereocenters. The summed E-state index contributed by atoms with van der Waals surface area (Å²) in [7, 11) is 0. The van der Waals surface area contributed by atoms with E-state index in [1.807, 2.05) is 32.1 Å². The molecule has 5 nitrogen and oxygen atoms in total. The van der Waals surface area contributed by atoms with Crippen LogP contribution in [0.15, 0.2) is 48.0 Å². The molecular formula is C30H39N3O2. The molecular weight excluding hydrogens is 434 g/mol. The second kappa shape index (κ2) is 14.0. The van der Waals surface area contributed by atoms with Crippen molar-refractivity contribution in [2.24, 2.45) is 5.41 Å². The smallest absolute Gasteiger partial charge is 0.309 e. The topological polar surface area (TPSA) is 88.1 Å². The monoisotopic (exact) mass is 473 g/mol. The molecule has 0 aliphatic rings. The number of hydrogen-bond acceptors (Lipinski definition) is 4. The van der Waals surface area contributed by atoms with Crippen LogP contribution < -0.4 is 4.90 Å². The second-order valence-corrected chi connectivity index (χ2v) is 9.43. The minimum absolute atomic E-state index is 0.125. The van der Waals surface area contributed by atoms with Gasteiger partial charge in [0.15, 0.2) is 0 Å². The molecule has 0 saturated carbocycles. The van der Waals surface area contributed by atoms with Crippen molar-refractivity contribution in [3.63, 3.8) is 0 Å². The number of carboxylic acids is 1. The summed E-state index contributed by atoms with van der Waals surface area (Å²) in [4.78, 5) is 12.6. The van der Waals surface area contributed by atoms with E-state index in [-0.39, 0.29) is 5.57 Å². The average Bonchev–Trinajstić information content (AvgIpc) is 2.86. The lowest BCUT2D eigenvalue weighted by Crippen LogP contribution is -2.22. The van der Waals surface area contributed by atoms with Gasteiger partial charge in [-0.2, -0.15) is 10.5 Å². The Morgan fingerprint density at radius 3 is 2.09 bits per heavy atom. The van der Waals surface area contributed by atoms with Crippen molar-refractivity contribution < 1.29 is 9.90 Å². The lowest BCUT2D eigenvalue weighted by atomic mass is 9.91. The molecule has 0 heterocycles. The number of hydrogen-bond donors (Lipinski definition) is 1. The van der Waals surface area contributed by atoms with Crippen molar-refractivity contribution in [3.8, 4) is 12.1 Å². The molecule has 0 radical (unpaired) electrons. The molecule has 1 N–H and O–H groups in total. The summed E-state index contributed by atoms with van der Waals surface area (Å²) in [6.45, 7) is 15.7. The quantitative estimate of drug-likeness (QED) is 0.382. The van der Waals surface area contributed by atoms with Gasteiger partial charge in [0.1, 0.15) is 17.7 Å². The van der Waals surface area contributed by atoms with Crippen molar-refractivity contribution in [2.75, 3.05) is 11.4 Å². The Morgan fingerprint density at radius 1 is 1.09 bits per heavy atom. The number of allylic oxidation sites excluding steroid dienone is 1. The molecule has 0 fully saturated rings. The molecule has 0 amide bonds. The minimum Gasteiger partial charge on any atom is -0.481 e. The third-order valence-corrected chi connectivity index (χ3v) is 6.54. The number of benzene rings is 2. The number of rotatable bonds is 9. The summed E-state index contributed by atoms with van der Waals surface area (Å²) >= 11 is 0. The molecule has 0 aliphatic carbocycles. The molecule has 2 rings (SSSR count). The first-order valence-electron chi connectivity index (χ1n) is 12.2. The highest BCUT2D eigenvalue weighted by Gasteiger charge is 2.23. The fourth-order valence-electron chi connectivity index (χ4n) is 3.21. The molecule has 0 aliphatic heterocycles. The number of anilines is 1. The van der Waals surface area contributed by atoms with Gasteiger partial charge < -0.3 is 10.0 Å². The van der Waals surface area contributed by atoms with Crippen LogP contribution in [0.5, 0.6) is 0 Å². The summed E-state index contributed by atoms with van der Waals surface area (Å²) in [5, 5.41) is 26.3. The van der Waals surface area contributed by atoms with Gasteiger partial charge in [-0.15, -0.1) is 0 Å². The van der Waals surface area contributed by atoms with Gasteiger partial charge in [-0.1, -0.05) is 51.1 Å². The number of nitriles is 2. The fourth-order valence-corrected chi connectivity index (χ4v) is 3.21. The number of carbonyl (C=O) groups is 1. The maximum atomic E-state index is 10.3. The Morgan fingerprint density at radius 2 is 1.69 bits per heavy atom. The van der Waals surface area contributed by atoms with Crippen molar-refractivity contribution >= 4 is 17.7 Å². The van der Waals surface area contributed by atoms with E-state index in [1.165, 1.54) is 11.1 Å². The van der Waals surface area contributed by atoms with Gasteiger partial charge in [-0.05, 0) is 86.9 Å². The van der Waals surface area contributed by atoms with E-state index in [0.29, 0.717) is 12.3 Å². The van der Waals surface area contributed by atoms with Crippen LogP contribution in [0.3, 0.4) is 0 Å². The zero-order chi connectivity index (χ0) is 26.6.